The monoisotopic (exact) mass is 539 g/mol. The normalized spacial score (nSPS) is 21.6. The lowest BCUT2D eigenvalue weighted by Crippen LogP contribution is -2.56. The third-order valence-electron chi connectivity index (χ3n) is 7.81. The van der Waals surface area contributed by atoms with Crippen molar-refractivity contribution >= 4 is 23.3 Å². The van der Waals surface area contributed by atoms with Gasteiger partial charge in [0.1, 0.15) is 12.1 Å². The van der Waals surface area contributed by atoms with Gasteiger partial charge in [-0.1, -0.05) is 26.5 Å². The molecule has 4 heterocycles. The molecule has 10 nitrogen and oxygen atoms in total. The van der Waals surface area contributed by atoms with Crippen LogP contribution in [0.4, 0.5) is 16.3 Å². The summed E-state index contributed by atoms with van der Waals surface area (Å²) in [5.41, 5.74) is 2.74. The summed E-state index contributed by atoms with van der Waals surface area (Å²) in [6.45, 7) is 10.0. The van der Waals surface area contributed by atoms with Crippen molar-refractivity contribution in [1.82, 2.24) is 24.5 Å². The highest BCUT2D eigenvalue weighted by molar-refractivity contribution is 5.87. The molecule has 0 aromatic carbocycles. The Hall–Kier alpha value is -3.15. The number of anilines is 2. The third kappa shape index (κ3) is 5.90. The highest BCUT2D eigenvalue weighted by atomic mass is 19.1. The van der Waals surface area contributed by atoms with Crippen LogP contribution in [0.2, 0.25) is 0 Å². The van der Waals surface area contributed by atoms with Crippen LogP contribution in [0.15, 0.2) is 41.9 Å². The van der Waals surface area contributed by atoms with Gasteiger partial charge >= 0.3 is 0 Å². The van der Waals surface area contributed by atoms with Crippen LogP contribution in [-0.4, -0.2) is 80.0 Å². The number of ether oxygens (including phenoxy) is 1. The van der Waals surface area contributed by atoms with Crippen molar-refractivity contribution in [3.63, 3.8) is 0 Å². The predicted molar refractivity (Wildman–Crippen MR) is 147 cm³/mol. The molecule has 1 aliphatic carbocycles. The van der Waals surface area contributed by atoms with Crippen molar-refractivity contribution in [1.29, 1.82) is 0 Å². The zero-order valence-corrected chi connectivity index (χ0v) is 22.7. The Morgan fingerprint density at radius 1 is 1.31 bits per heavy atom. The number of hydrogen-bond donors (Lipinski definition) is 3. The highest BCUT2D eigenvalue weighted by Crippen LogP contribution is 2.32. The fourth-order valence-corrected chi connectivity index (χ4v) is 5.36. The van der Waals surface area contributed by atoms with Crippen LogP contribution in [0.5, 0.6) is 0 Å². The topological polar surface area (TPSA) is 117 Å². The Morgan fingerprint density at radius 2 is 2.10 bits per heavy atom. The van der Waals surface area contributed by atoms with E-state index in [1.54, 1.807) is 15.6 Å². The quantitative estimate of drug-likeness (QED) is 0.367. The van der Waals surface area contributed by atoms with E-state index in [-0.39, 0.29) is 36.5 Å². The van der Waals surface area contributed by atoms with Gasteiger partial charge < -0.3 is 20.5 Å². The molecule has 5 rings (SSSR count). The minimum Gasteiger partial charge on any atom is -0.381 e. The number of aliphatic hydroxyl groups excluding tert-OH is 1. The molecular weight excluding hydrogens is 501 g/mol. The number of ketones is 1. The Kier molecular flexibility index (Phi) is 8.39. The number of nitrogens with zero attached hydrogens (tertiary/aromatic N) is 5. The number of likely N-dealkylation sites (tertiary alicyclic amines) is 1. The molecule has 11 heteroatoms. The van der Waals surface area contributed by atoms with Gasteiger partial charge in [-0.15, -0.1) is 0 Å². The SMILES string of the molecule is C=CC(O)N1CCC1C(=O)CC1=CCCC(CNc2nc(NC3CCOCC3)nc3c(C(C)C)cnn23)=C1F. The van der Waals surface area contributed by atoms with Crippen molar-refractivity contribution in [3.05, 3.63) is 47.5 Å². The molecule has 39 heavy (non-hydrogen) atoms. The van der Waals surface area contributed by atoms with Gasteiger partial charge in [0.15, 0.2) is 11.4 Å². The summed E-state index contributed by atoms with van der Waals surface area (Å²) >= 11 is 0. The number of aromatic nitrogens is 4. The fraction of sp³-hybridized carbons (Fsp3) is 0.571. The summed E-state index contributed by atoms with van der Waals surface area (Å²) in [5, 5.41) is 21.3. The van der Waals surface area contributed by atoms with E-state index < -0.39 is 12.3 Å². The number of Topliss-reactive ketones (excluding diaryl/α,β-unsaturated/α-hetero) is 1. The number of rotatable bonds is 11. The fourth-order valence-electron chi connectivity index (χ4n) is 5.36. The molecule has 2 fully saturated rings. The van der Waals surface area contributed by atoms with Gasteiger partial charge in [0.25, 0.3) is 0 Å². The van der Waals surface area contributed by atoms with Gasteiger partial charge in [0.2, 0.25) is 11.9 Å². The van der Waals surface area contributed by atoms with Crippen LogP contribution in [-0.2, 0) is 9.53 Å². The van der Waals surface area contributed by atoms with E-state index in [0.29, 0.717) is 67.7 Å². The molecule has 2 unspecified atom stereocenters. The van der Waals surface area contributed by atoms with E-state index in [1.807, 2.05) is 6.08 Å². The first kappa shape index (κ1) is 27.4. The Balaban J connectivity index is 1.32. The summed E-state index contributed by atoms with van der Waals surface area (Å²) in [5.74, 6) is 0.792. The molecule has 3 aliphatic rings. The zero-order valence-electron chi connectivity index (χ0n) is 22.7. The van der Waals surface area contributed by atoms with Gasteiger partial charge in [-0.2, -0.15) is 19.6 Å². The molecule has 0 saturated carbocycles. The molecule has 0 spiro atoms. The Labute approximate surface area is 228 Å². The molecule has 0 amide bonds. The van der Waals surface area contributed by atoms with Crippen LogP contribution < -0.4 is 10.6 Å². The maximum absolute atomic E-state index is 15.6. The second-order valence-corrected chi connectivity index (χ2v) is 10.8. The van der Waals surface area contributed by atoms with E-state index in [0.717, 1.165) is 18.4 Å². The van der Waals surface area contributed by atoms with Crippen LogP contribution in [0.1, 0.15) is 63.9 Å². The summed E-state index contributed by atoms with van der Waals surface area (Å²) < 4.78 is 22.7. The van der Waals surface area contributed by atoms with Crippen LogP contribution >= 0.6 is 0 Å². The second-order valence-electron chi connectivity index (χ2n) is 10.8. The van der Waals surface area contributed by atoms with Gasteiger partial charge in [0, 0.05) is 44.3 Å². The van der Waals surface area contributed by atoms with E-state index in [1.165, 1.54) is 6.08 Å². The van der Waals surface area contributed by atoms with Gasteiger partial charge in [-0.05, 0) is 55.2 Å². The number of hydrogen-bond acceptors (Lipinski definition) is 9. The molecule has 2 aromatic rings. The van der Waals surface area contributed by atoms with Gasteiger partial charge in [-0.25, -0.2) is 4.39 Å². The van der Waals surface area contributed by atoms with E-state index in [4.69, 9.17) is 14.7 Å². The minimum absolute atomic E-state index is 0.00813. The van der Waals surface area contributed by atoms with Crippen molar-refractivity contribution in [2.45, 2.75) is 76.6 Å². The summed E-state index contributed by atoms with van der Waals surface area (Å²) in [4.78, 5) is 24.0. The lowest BCUT2D eigenvalue weighted by atomic mass is 9.89. The number of aliphatic hydroxyl groups is 1. The number of halogens is 1. The smallest absolute Gasteiger partial charge is 0.229 e. The first-order valence-corrected chi connectivity index (χ1v) is 13.9. The largest absolute Gasteiger partial charge is 0.381 e. The average Bonchev–Trinajstić information content (AvgIpc) is 3.33. The third-order valence-corrected chi connectivity index (χ3v) is 7.81. The van der Waals surface area contributed by atoms with E-state index in [2.05, 4.69) is 36.2 Å². The second kappa shape index (κ2) is 11.9. The minimum atomic E-state index is -0.859. The molecule has 2 saturated heterocycles. The lowest BCUT2D eigenvalue weighted by molar-refractivity contribution is -0.135. The van der Waals surface area contributed by atoms with E-state index >= 15 is 4.39 Å². The van der Waals surface area contributed by atoms with Crippen molar-refractivity contribution in [3.8, 4) is 0 Å². The number of fused-ring (bicyclic) bond motifs is 1. The highest BCUT2D eigenvalue weighted by Gasteiger charge is 2.37. The van der Waals surface area contributed by atoms with Crippen LogP contribution in [0, 0.1) is 0 Å². The number of carbonyl (C=O) groups is 1. The average molecular weight is 540 g/mol. The van der Waals surface area contributed by atoms with Crippen LogP contribution in [0.3, 0.4) is 0 Å². The lowest BCUT2D eigenvalue weighted by Gasteiger charge is -2.42. The van der Waals surface area contributed by atoms with Gasteiger partial charge in [0.05, 0.1) is 12.2 Å². The molecule has 2 aliphatic heterocycles. The van der Waals surface area contributed by atoms with Crippen molar-refractivity contribution < 1.29 is 19.0 Å². The zero-order chi connectivity index (χ0) is 27.5. The summed E-state index contributed by atoms with van der Waals surface area (Å²) in [6.07, 6.45) is 7.80. The molecule has 2 aromatic heterocycles. The Morgan fingerprint density at radius 3 is 2.79 bits per heavy atom. The van der Waals surface area contributed by atoms with Crippen LogP contribution in [0.25, 0.3) is 5.65 Å². The molecular formula is C28H38FN7O3. The number of carbonyl (C=O) groups excluding carboxylic acids is 1. The molecule has 0 radical (unpaired) electrons. The molecule has 2 atom stereocenters. The number of nitrogens with one attached hydrogen (secondary N) is 2. The van der Waals surface area contributed by atoms with E-state index in [9.17, 15) is 9.90 Å². The molecule has 210 valence electrons. The number of allylic oxidation sites excluding steroid dienone is 3. The van der Waals surface area contributed by atoms with Gasteiger partial charge in [-0.3, -0.25) is 9.69 Å². The predicted octanol–water partition coefficient (Wildman–Crippen LogP) is 3.73. The Bertz CT molecular complexity index is 1280. The molecule has 3 N–H and O–H groups in total. The van der Waals surface area contributed by atoms with Crippen molar-refractivity contribution in [2.75, 3.05) is 36.9 Å². The van der Waals surface area contributed by atoms with Crippen molar-refractivity contribution in [2.24, 2.45) is 0 Å². The standard InChI is InChI=1S/C28H38FN7O3/c1-4-24(38)35-11-8-22(35)23(37)14-18-6-5-7-19(25(18)29)15-30-28-34-27(32-20-9-12-39-13-10-20)33-26-21(17(2)3)16-31-36(26)28/h4,6,16-17,20,22,24,38H,1,5,7-15H2,2-3H3,(H2,30,32,33,34). The summed E-state index contributed by atoms with van der Waals surface area (Å²) in [7, 11) is 0. The molecule has 0 bridgehead atoms. The maximum atomic E-state index is 15.6. The first-order valence-electron chi connectivity index (χ1n) is 13.9. The summed E-state index contributed by atoms with van der Waals surface area (Å²) in [6, 6.07) is -0.177. The first-order chi connectivity index (χ1) is 18.9. The maximum Gasteiger partial charge on any atom is 0.229 e.